The van der Waals surface area contributed by atoms with E-state index in [0.29, 0.717) is 38.2 Å². The van der Waals surface area contributed by atoms with Crippen LogP contribution in [0.1, 0.15) is 94.1 Å². The summed E-state index contributed by atoms with van der Waals surface area (Å²) in [6, 6.07) is 14.2. The molecule has 0 bridgehead atoms. The van der Waals surface area contributed by atoms with Crippen molar-refractivity contribution in [3.05, 3.63) is 58.3 Å². The Bertz CT molecular complexity index is 1520. The second-order valence-corrected chi connectivity index (χ2v) is 16.7. The molecule has 1 aromatic heterocycles. The largest absolute Gasteiger partial charge is 0.455 e. The monoisotopic (exact) mass is 731 g/mol. The first-order valence-corrected chi connectivity index (χ1v) is 20.7. The lowest BCUT2D eigenvalue weighted by atomic mass is 9.78. The highest BCUT2D eigenvalue weighted by Gasteiger charge is 2.44. The van der Waals surface area contributed by atoms with Crippen molar-refractivity contribution in [1.29, 1.82) is 0 Å². The van der Waals surface area contributed by atoms with Gasteiger partial charge in [-0.1, -0.05) is 42.8 Å². The summed E-state index contributed by atoms with van der Waals surface area (Å²) in [7, 11) is 0. The van der Waals surface area contributed by atoms with E-state index >= 15 is 4.79 Å². The fourth-order valence-corrected chi connectivity index (χ4v) is 9.89. The minimum absolute atomic E-state index is 0.0131. The predicted molar refractivity (Wildman–Crippen MR) is 203 cm³/mol. The molecular weight excluding hydrogens is 675 g/mol. The fraction of sp³-hybridized carbons (Fsp3) is 0.650. The van der Waals surface area contributed by atoms with Gasteiger partial charge in [-0.3, -0.25) is 14.4 Å². The summed E-state index contributed by atoms with van der Waals surface area (Å²) >= 11 is 1.61. The van der Waals surface area contributed by atoms with E-state index in [0.717, 1.165) is 61.8 Å². The van der Waals surface area contributed by atoms with E-state index in [1.54, 1.807) is 11.3 Å². The van der Waals surface area contributed by atoms with Gasteiger partial charge in [0.25, 0.3) is 6.02 Å². The van der Waals surface area contributed by atoms with Gasteiger partial charge in [-0.15, -0.1) is 11.3 Å². The molecule has 3 aliphatic heterocycles. The normalized spacial score (nSPS) is 30.6. The number of benzene rings is 1. The molecule has 2 aromatic rings. The van der Waals surface area contributed by atoms with E-state index < -0.39 is 6.04 Å². The predicted octanol–water partition coefficient (Wildman–Crippen LogP) is 4.44. The highest BCUT2D eigenvalue weighted by Crippen LogP contribution is 2.35. The van der Waals surface area contributed by atoms with Crippen molar-refractivity contribution >= 4 is 35.1 Å². The molecule has 4 fully saturated rings. The number of nitrogens with zero attached hydrogens (tertiary/aromatic N) is 4. The van der Waals surface area contributed by atoms with Crippen LogP contribution in [0.5, 0.6) is 0 Å². The SMILES string of the molecule is C[C@@H]1N=C(N2CCN(C(=O)C(NC3CCC(C(N)=O)CC3)[C@H]3CC[C@H](N4CCCCC4)CC3)[C@H](C(=O)NCc3cccs3)C2)O[C@H]1c1ccccc1. The number of nitrogens with one attached hydrogen (secondary N) is 2. The molecule has 5 aliphatic rings. The van der Waals surface area contributed by atoms with Gasteiger partial charge >= 0.3 is 0 Å². The van der Waals surface area contributed by atoms with Crippen molar-refractivity contribution < 1.29 is 19.1 Å². The Morgan fingerprint density at radius 2 is 1.67 bits per heavy atom. The Labute approximate surface area is 312 Å². The number of likely N-dealkylation sites (tertiary alicyclic amines) is 1. The zero-order valence-corrected chi connectivity index (χ0v) is 31.5. The number of rotatable bonds is 10. The highest BCUT2D eigenvalue weighted by molar-refractivity contribution is 7.09. The quantitative estimate of drug-likeness (QED) is 0.329. The van der Waals surface area contributed by atoms with Crippen LogP contribution in [0.2, 0.25) is 0 Å². The number of amides is 3. The lowest BCUT2D eigenvalue weighted by Crippen LogP contribution is -2.65. The Kier molecular flexibility index (Phi) is 12.1. The maximum absolute atomic E-state index is 15.0. The minimum atomic E-state index is -0.696. The molecule has 11 nitrogen and oxygen atoms in total. The second kappa shape index (κ2) is 17.1. The molecule has 3 amide bonds. The van der Waals surface area contributed by atoms with E-state index in [1.165, 1.54) is 32.4 Å². The average molecular weight is 732 g/mol. The fourth-order valence-electron chi connectivity index (χ4n) is 9.25. The third kappa shape index (κ3) is 8.66. The van der Waals surface area contributed by atoms with Crippen molar-refractivity contribution in [2.24, 2.45) is 22.6 Å². The molecule has 4 heterocycles. The minimum Gasteiger partial charge on any atom is -0.455 e. The Morgan fingerprint density at radius 3 is 2.37 bits per heavy atom. The van der Waals surface area contributed by atoms with Crippen LogP contribution in [0.15, 0.2) is 52.8 Å². The Balaban J connectivity index is 1.09. The number of thiophene rings is 1. The van der Waals surface area contributed by atoms with Crippen molar-refractivity contribution in [3.63, 3.8) is 0 Å². The van der Waals surface area contributed by atoms with Crippen molar-refractivity contribution in [1.82, 2.24) is 25.3 Å². The number of hydrogen-bond donors (Lipinski definition) is 3. The van der Waals surface area contributed by atoms with Crippen LogP contribution in [-0.4, -0.2) is 101 Å². The van der Waals surface area contributed by atoms with E-state index in [4.69, 9.17) is 15.5 Å². The number of piperazine rings is 1. The van der Waals surface area contributed by atoms with Crippen molar-refractivity contribution in [3.8, 4) is 0 Å². The van der Waals surface area contributed by atoms with Crippen LogP contribution in [0, 0.1) is 11.8 Å². The number of primary amides is 1. The van der Waals surface area contributed by atoms with Gasteiger partial charge in [-0.2, -0.15) is 0 Å². The summed E-state index contributed by atoms with van der Waals surface area (Å²) in [5, 5.41) is 9.00. The summed E-state index contributed by atoms with van der Waals surface area (Å²) in [6.45, 7) is 6.10. The number of hydrogen-bond acceptors (Lipinski definition) is 9. The summed E-state index contributed by atoms with van der Waals surface area (Å²) in [5.41, 5.74) is 6.74. The lowest BCUT2D eigenvalue weighted by molar-refractivity contribution is -0.146. The van der Waals surface area contributed by atoms with Gasteiger partial charge in [0.05, 0.1) is 25.2 Å². The molecule has 0 spiro atoms. The van der Waals surface area contributed by atoms with E-state index in [-0.39, 0.29) is 53.8 Å². The lowest BCUT2D eigenvalue weighted by Gasteiger charge is -2.45. The zero-order valence-electron chi connectivity index (χ0n) is 30.7. The van der Waals surface area contributed by atoms with Gasteiger partial charge in [-0.25, -0.2) is 4.99 Å². The zero-order chi connectivity index (χ0) is 36.0. The maximum atomic E-state index is 15.0. The standard InChI is InChI=1S/C40H57N7O4S/c1-27-36(29-9-4-2-5-10-29)51-40(43-27)46-22-23-47(34(26-46)38(49)42-25-33-11-8-24-52-33)39(50)35(44-31-16-12-30(13-17-31)37(41)48)28-14-18-32(19-15-28)45-20-6-3-7-21-45/h2,4-5,8-11,24,27-28,30-32,34-36,44H,3,6-7,12-23,25-26H2,1H3,(H2,41,48)(H,42,49)/t27-,28-,30?,31?,32-,34-,35?,36+/m0/s1. The molecule has 2 aliphatic carbocycles. The number of ether oxygens (including phenoxy) is 1. The summed E-state index contributed by atoms with van der Waals surface area (Å²) in [5.74, 6) is -0.282. The maximum Gasteiger partial charge on any atom is 0.288 e. The van der Waals surface area contributed by atoms with Crippen LogP contribution in [0.3, 0.4) is 0 Å². The Hall–Kier alpha value is -3.48. The van der Waals surface area contributed by atoms with E-state index in [1.807, 2.05) is 40.6 Å². The van der Waals surface area contributed by atoms with Crippen LogP contribution in [-0.2, 0) is 25.7 Å². The molecular formula is C40H57N7O4S. The van der Waals surface area contributed by atoms with Crippen LogP contribution >= 0.6 is 11.3 Å². The van der Waals surface area contributed by atoms with Crippen molar-refractivity contribution in [2.45, 2.75) is 120 Å². The van der Waals surface area contributed by atoms with Crippen LogP contribution in [0.25, 0.3) is 0 Å². The van der Waals surface area contributed by atoms with Crippen molar-refractivity contribution in [2.75, 3.05) is 32.7 Å². The Morgan fingerprint density at radius 1 is 0.923 bits per heavy atom. The molecule has 52 heavy (non-hydrogen) atoms. The molecule has 0 radical (unpaired) electrons. The molecule has 4 atom stereocenters. The van der Waals surface area contributed by atoms with E-state index in [2.05, 4.69) is 39.5 Å². The molecule has 1 aromatic carbocycles. The molecule has 282 valence electrons. The topological polar surface area (TPSA) is 133 Å². The summed E-state index contributed by atoms with van der Waals surface area (Å²) in [4.78, 5) is 53.7. The smallest absolute Gasteiger partial charge is 0.288 e. The number of nitrogens with two attached hydrogens (primary N) is 1. The van der Waals surface area contributed by atoms with Gasteiger partial charge < -0.3 is 35.8 Å². The number of aliphatic imine (C=N–C) groups is 1. The van der Waals surface area contributed by atoms with Gasteiger partial charge in [0, 0.05) is 36.0 Å². The first-order valence-electron chi connectivity index (χ1n) is 19.8. The highest BCUT2D eigenvalue weighted by atomic mass is 32.1. The van der Waals surface area contributed by atoms with Gasteiger partial charge in [0.1, 0.15) is 12.1 Å². The molecule has 2 saturated heterocycles. The van der Waals surface area contributed by atoms with Gasteiger partial charge in [-0.05, 0) is 107 Å². The number of carbonyl (C=O) groups is 3. The first kappa shape index (κ1) is 36.9. The van der Waals surface area contributed by atoms with Crippen LogP contribution < -0.4 is 16.4 Å². The summed E-state index contributed by atoms with van der Waals surface area (Å²) in [6.07, 6.45) is 11.0. The van der Waals surface area contributed by atoms with Gasteiger partial charge in [0.2, 0.25) is 17.7 Å². The summed E-state index contributed by atoms with van der Waals surface area (Å²) < 4.78 is 6.46. The molecule has 4 N–H and O–H groups in total. The van der Waals surface area contributed by atoms with Gasteiger partial charge in [0.15, 0.2) is 0 Å². The molecule has 12 heteroatoms. The number of carbonyl (C=O) groups excluding carboxylic acids is 3. The third-order valence-corrected chi connectivity index (χ3v) is 13.2. The van der Waals surface area contributed by atoms with Crippen LogP contribution in [0.4, 0.5) is 0 Å². The average Bonchev–Trinajstić information content (AvgIpc) is 3.86. The molecule has 1 unspecified atom stereocenters. The number of amidine groups is 1. The first-order chi connectivity index (χ1) is 25.3. The number of piperidine rings is 1. The molecule has 2 saturated carbocycles. The second-order valence-electron chi connectivity index (χ2n) is 15.7. The van der Waals surface area contributed by atoms with E-state index in [9.17, 15) is 9.59 Å². The molecule has 7 rings (SSSR count). The third-order valence-electron chi connectivity index (χ3n) is 12.3.